The van der Waals surface area contributed by atoms with Gasteiger partial charge in [-0.05, 0) is 50.9 Å². The first-order chi connectivity index (χ1) is 10.2. The summed E-state index contributed by atoms with van der Waals surface area (Å²) in [6, 6.07) is 4.14. The van der Waals surface area contributed by atoms with Gasteiger partial charge in [-0.25, -0.2) is 9.97 Å². The van der Waals surface area contributed by atoms with Crippen molar-refractivity contribution in [1.29, 1.82) is 0 Å². The van der Waals surface area contributed by atoms with Crippen molar-refractivity contribution < 1.29 is 0 Å². The highest BCUT2D eigenvalue weighted by Crippen LogP contribution is 2.23. The van der Waals surface area contributed by atoms with Gasteiger partial charge in [0.1, 0.15) is 0 Å². The van der Waals surface area contributed by atoms with Crippen LogP contribution in [0.5, 0.6) is 0 Å². The molecule has 0 atom stereocenters. The summed E-state index contributed by atoms with van der Waals surface area (Å²) in [5.41, 5.74) is 6.86. The van der Waals surface area contributed by atoms with E-state index in [1.54, 1.807) is 0 Å². The van der Waals surface area contributed by atoms with Crippen LogP contribution in [0, 0.1) is 13.8 Å². The van der Waals surface area contributed by atoms with E-state index < -0.39 is 0 Å². The predicted molar refractivity (Wildman–Crippen MR) is 84.1 cm³/mol. The van der Waals surface area contributed by atoms with Crippen molar-refractivity contribution in [3.63, 3.8) is 0 Å². The average molecular weight is 282 g/mol. The van der Waals surface area contributed by atoms with E-state index in [1.807, 2.05) is 13.8 Å². The van der Waals surface area contributed by atoms with E-state index in [1.165, 1.54) is 17.0 Å². The van der Waals surface area contributed by atoms with Crippen molar-refractivity contribution in [1.82, 2.24) is 20.3 Å². The molecule has 0 radical (unpaired) electrons. The lowest BCUT2D eigenvalue weighted by molar-refractivity contribution is 0.614. The van der Waals surface area contributed by atoms with Gasteiger partial charge in [0.15, 0.2) is 5.82 Å². The zero-order chi connectivity index (χ0) is 14.8. The third-order valence-corrected chi connectivity index (χ3v) is 3.85. The normalized spacial score (nSPS) is 14.0. The molecule has 0 aromatic carbocycles. The Morgan fingerprint density at radius 2 is 1.86 bits per heavy atom. The molecule has 0 saturated heterocycles. The molecule has 3 heterocycles. The molecule has 1 aliphatic rings. The van der Waals surface area contributed by atoms with Crippen LogP contribution in [0.15, 0.2) is 12.1 Å². The number of hydrogen-bond donors (Lipinski definition) is 1. The number of fused-ring (bicyclic) bond motifs is 1. The first-order valence-electron chi connectivity index (χ1n) is 7.72. The third-order valence-electron chi connectivity index (χ3n) is 3.85. The number of pyridine rings is 1. The van der Waals surface area contributed by atoms with E-state index in [-0.39, 0.29) is 0 Å². The maximum atomic E-state index is 4.86. The van der Waals surface area contributed by atoms with Gasteiger partial charge in [-0.3, -0.25) is 4.98 Å². The quantitative estimate of drug-likeness (QED) is 0.940. The second-order valence-electron chi connectivity index (χ2n) is 5.73. The van der Waals surface area contributed by atoms with Crippen LogP contribution in [0.25, 0.3) is 11.4 Å². The summed E-state index contributed by atoms with van der Waals surface area (Å²) in [6.07, 6.45) is 3.19. The summed E-state index contributed by atoms with van der Waals surface area (Å²) in [6.45, 7) is 8.12. The van der Waals surface area contributed by atoms with Crippen LogP contribution in [0.3, 0.4) is 0 Å². The van der Waals surface area contributed by atoms with Crippen LogP contribution >= 0.6 is 0 Å². The number of rotatable bonds is 3. The van der Waals surface area contributed by atoms with Crippen molar-refractivity contribution in [2.75, 3.05) is 6.54 Å². The summed E-state index contributed by atoms with van der Waals surface area (Å²) in [4.78, 5) is 14.1. The van der Waals surface area contributed by atoms with Crippen molar-refractivity contribution >= 4 is 0 Å². The smallest absolute Gasteiger partial charge is 0.159 e. The van der Waals surface area contributed by atoms with Gasteiger partial charge < -0.3 is 5.32 Å². The third kappa shape index (κ3) is 2.95. The summed E-state index contributed by atoms with van der Waals surface area (Å²) >= 11 is 0. The molecule has 0 amide bonds. The van der Waals surface area contributed by atoms with Crippen molar-refractivity contribution in [2.45, 2.75) is 46.6 Å². The van der Waals surface area contributed by atoms with E-state index in [4.69, 9.17) is 9.97 Å². The number of aromatic nitrogens is 3. The van der Waals surface area contributed by atoms with E-state index >= 15 is 0 Å². The maximum absolute atomic E-state index is 4.86. The van der Waals surface area contributed by atoms with E-state index in [0.29, 0.717) is 0 Å². The lowest BCUT2D eigenvalue weighted by atomic mass is 10.0. The van der Waals surface area contributed by atoms with Gasteiger partial charge in [0.2, 0.25) is 0 Å². The summed E-state index contributed by atoms with van der Waals surface area (Å²) in [5, 5.41) is 3.41. The molecule has 0 fully saturated rings. The molecule has 110 valence electrons. The molecular weight excluding hydrogens is 260 g/mol. The van der Waals surface area contributed by atoms with Gasteiger partial charge in [-0.15, -0.1) is 0 Å². The molecule has 3 rings (SSSR count). The molecule has 0 saturated carbocycles. The highest BCUT2D eigenvalue weighted by molar-refractivity contribution is 5.57. The molecule has 0 unspecified atom stereocenters. The van der Waals surface area contributed by atoms with E-state index in [2.05, 4.69) is 29.4 Å². The fourth-order valence-corrected chi connectivity index (χ4v) is 2.97. The molecule has 0 bridgehead atoms. The van der Waals surface area contributed by atoms with Gasteiger partial charge in [-0.2, -0.15) is 0 Å². The summed E-state index contributed by atoms with van der Waals surface area (Å²) < 4.78 is 0. The van der Waals surface area contributed by atoms with Gasteiger partial charge in [0, 0.05) is 29.2 Å². The molecule has 1 aliphatic heterocycles. The van der Waals surface area contributed by atoms with Crippen LogP contribution in [0.2, 0.25) is 0 Å². The molecule has 0 aliphatic carbocycles. The maximum Gasteiger partial charge on any atom is 0.159 e. The Bertz CT molecular complexity index is 644. The molecule has 21 heavy (non-hydrogen) atoms. The topological polar surface area (TPSA) is 50.7 Å². The Hall–Kier alpha value is -1.81. The lowest BCUT2D eigenvalue weighted by Gasteiger charge is -2.20. The van der Waals surface area contributed by atoms with Crippen molar-refractivity contribution in [3.05, 3.63) is 40.5 Å². The molecule has 2 aromatic rings. The second-order valence-corrected chi connectivity index (χ2v) is 5.73. The minimum absolute atomic E-state index is 0.842. The fourth-order valence-electron chi connectivity index (χ4n) is 2.97. The van der Waals surface area contributed by atoms with Crippen LogP contribution in [0.1, 0.15) is 41.7 Å². The van der Waals surface area contributed by atoms with Gasteiger partial charge in [-0.1, -0.05) is 13.3 Å². The van der Waals surface area contributed by atoms with Crippen LogP contribution in [-0.4, -0.2) is 21.5 Å². The highest BCUT2D eigenvalue weighted by Gasteiger charge is 2.17. The van der Waals surface area contributed by atoms with Crippen LogP contribution in [0.4, 0.5) is 0 Å². The molecule has 4 heteroatoms. The van der Waals surface area contributed by atoms with E-state index in [0.717, 1.165) is 55.1 Å². The van der Waals surface area contributed by atoms with Gasteiger partial charge in [0.05, 0.1) is 5.69 Å². The summed E-state index contributed by atoms with van der Waals surface area (Å²) in [7, 11) is 0. The predicted octanol–water partition coefficient (Wildman–Crippen LogP) is 2.75. The monoisotopic (exact) mass is 282 g/mol. The van der Waals surface area contributed by atoms with Crippen molar-refractivity contribution in [2.24, 2.45) is 0 Å². The Morgan fingerprint density at radius 1 is 1.10 bits per heavy atom. The van der Waals surface area contributed by atoms with Crippen LogP contribution in [-0.2, 0) is 19.4 Å². The second kappa shape index (κ2) is 5.90. The zero-order valence-electron chi connectivity index (χ0n) is 13.0. The van der Waals surface area contributed by atoms with Crippen molar-refractivity contribution in [3.8, 4) is 11.4 Å². The fraction of sp³-hybridized carbons (Fsp3) is 0.471. The number of nitrogens with zero attached hydrogens (tertiary/aromatic N) is 3. The lowest BCUT2D eigenvalue weighted by Crippen LogP contribution is -2.26. The average Bonchev–Trinajstić information content (AvgIpc) is 2.46. The zero-order valence-corrected chi connectivity index (χ0v) is 13.0. The Kier molecular flexibility index (Phi) is 3.97. The highest BCUT2D eigenvalue weighted by atomic mass is 15.0. The molecular formula is C17H22N4. The minimum Gasteiger partial charge on any atom is -0.311 e. The Morgan fingerprint density at radius 3 is 2.57 bits per heavy atom. The first kappa shape index (κ1) is 14.1. The molecule has 4 nitrogen and oxygen atoms in total. The number of hydrogen-bond acceptors (Lipinski definition) is 4. The molecule has 0 spiro atoms. The summed E-state index contributed by atoms with van der Waals surface area (Å²) in [5.74, 6) is 0.842. The van der Waals surface area contributed by atoms with Gasteiger partial charge >= 0.3 is 0 Å². The largest absolute Gasteiger partial charge is 0.311 e. The Labute approximate surface area is 126 Å². The number of nitrogens with one attached hydrogen (secondary N) is 1. The number of aryl methyl sites for hydroxylation is 3. The van der Waals surface area contributed by atoms with Crippen LogP contribution < -0.4 is 5.32 Å². The van der Waals surface area contributed by atoms with E-state index in [9.17, 15) is 0 Å². The Balaban J connectivity index is 2.12. The first-order valence-corrected chi connectivity index (χ1v) is 7.72. The standard InChI is InChI=1S/C17H22N4/c1-4-5-15-14-6-7-18-10-16(14)21-17(20-15)13-8-11(2)19-12(3)9-13/h8-9,18H,4-7,10H2,1-3H3. The molecule has 1 N–H and O–H groups in total. The SMILES string of the molecule is CCCc1nc(-c2cc(C)nc(C)c2)nc2c1CCNC2. The minimum atomic E-state index is 0.842. The van der Waals surface area contributed by atoms with Gasteiger partial charge in [0.25, 0.3) is 0 Å². The molecule has 2 aromatic heterocycles.